The first-order chi connectivity index (χ1) is 7.15. The SMILES string of the molecule is CCC[C@H](N)C(=O)N[C@H]1CCCC[C@H]1C. The Balaban J connectivity index is 2.35. The van der Waals surface area contributed by atoms with Crippen molar-refractivity contribution in [2.75, 3.05) is 0 Å². The molecule has 0 radical (unpaired) electrons. The molecule has 3 N–H and O–H groups in total. The van der Waals surface area contributed by atoms with Gasteiger partial charge in [0.2, 0.25) is 5.91 Å². The molecule has 0 unspecified atom stereocenters. The molecule has 3 heteroatoms. The molecule has 0 heterocycles. The third kappa shape index (κ3) is 3.82. The average Bonchev–Trinajstić information content (AvgIpc) is 2.21. The lowest BCUT2D eigenvalue weighted by Gasteiger charge is -2.30. The predicted molar refractivity (Wildman–Crippen MR) is 62.4 cm³/mol. The number of rotatable bonds is 4. The zero-order valence-electron chi connectivity index (χ0n) is 9.96. The van der Waals surface area contributed by atoms with Crippen LogP contribution in [0.4, 0.5) is 0 Å². The molecule has 1 aliphatic carbocycles. The lowest BCUT2D eigenvalue weighted by molar-refractivity contribution is -0.123. The van der Waals surface area contributed by atoms with Crippen molar-refractivity contribution in [2.45, 2.75) is 64.5 Å². The Morgan fingerprint density at radius 1 is 1.47 bits per heavy atom. The van der Waals surface area contributed by atoms with Gasteiger partial charge in [-0.3, -0.25) is 4.79 Å². The Hall–Kier alpha value is -0.570. The van der Waals surface area contributed by atoms with Crippen LogP contribution < -0.4 is 11.1 Å². The van der Waals surface area contributed by atoms with Crippen LogP contribution in [0.15, 0.2) is 0 Å². The highest BCUT2D eigenvalue weighted by molar-refractivity contribution is 5.81. The summed E-state index contributed by atoms with van der Waals surface area (Å²) in [6.07, 6.45) is 6.63. The van der Waals surface area contributed by atoms with Gasteiger partial charge in [0, 0.05) is 6.04 Å². The maximum Gasteiger partial charge on any atom is 0.237 e. The van der Waals surface area contributed by atoms with Crippen LogP contribution in [0.25, 0.3) is 0 Å². The van der Waals surface area contributed by atoms with Gasteiger partial charge >= 0.3 is 0 Å². The highest BCUT2D eigenvalue weighted by atomic mass is 16.2. The summed E-state index contributed by atoms with van der Waals surface area (Å²) in [7, 11) is 0. The molecule has 3 nitrogen and oxygen atoms in total. The molecule has 1 aliphatic rings. The summed E-state index contributed by atoms with van der Waals surface area (Å²) in [6, 6.07) is 0.0401. The largest absolute Gasteiger partial charge is 0.352 e. The van der Waals surface area contributed by atoms with E-state index in [1.54, 1.807) is 0 Å². The van der Waals surface area contributed by atoms with Gasteiger partial charge in [0.05, 0.1) is 6.04 Å². The molecule has 3 atom stereocenters. The fourth-order valence-electron chi connectivity index (χ4n) is 2.26. The maximum atomic E-state index is 11.7. The number of amides is 1. The van der Waals surface area contributed by atoms with Crippen LogP contribution in [0.3, 0.4) is 0 Å². The molecule has 0 aromatic heterocycles. The quantitative estimate of drug-likeness (QED) is 0.746. The Morgan fingerprint density at radius 3 is 2.73 bits per heavy atom. The first-order valence-electron chi connectivity index (χ1n) is 6.21. The summed E-state index contributed by atoms with van der Waals surface area (Å²) in [5.74, 6) is 0.645. The molecule has 1 rings (SSSR count). The summed E-state index contributed by atoms with van der Waals surface area (Å²) in [5, 5.41) is 3.09. The zero-order valence-corrected chi connectivity index (χ0v) is 9.96. The minimum absolute atomic E-state index is 0.0376. The second-order valence-corrected chi connectivity index (χ2v) is 4.77. The normalized spacial score (nSPS) is 28.5. The first kappa shape index (κ1) is 12.5. The van der Waals surface area contributed by atoms with Gasteiger partial charge in [-0.2, -0.15) is 0 Å². The Morgan fingerprint density at radius 2 is 2.13 bits per heavy atom. The number of hydrogen-bond acceptors (Lipinski definition) is 2. The Labute approximate surface area is 92.8 Å². The number of carbonyl (C=O) groups is 1. The predicted octanol–water partition coefficient (Wildman–Crippen LogP) is 1.81. The molecule has 0 aromatic carbocycles. The zero-order chi connectivity index (χ0) is 11.3. The lowest BCUT2D eigenvalue weighted by Crippen LogP contribution is -2.48. The molecule has 88 valence electrons. The van der Waals surface area contributed by atoms with Gasteiger partial charge in [-0.05, 0) is 25.2 Å². The van der Waals surface area contributed by atoms with E-state index >= 15 is 0 Å². The van der Waals surface area contributed by atoms with Crippen LogP contribution in [-0.4, -0.2) is 18.0 Å². The summed E-state index contributed by atoms with van der Waals surface area (Å²) >= 11 is 0. The monoisotopic (exact) mass is 212 g/mol. The van der Waals surface area contributed by atoms with Crippen LogP contribution in [0.1, 0.15) is 52.4 Å². The van der Waals surface area contributed by atoms with E-state index in [1.165, 1.54) is 19.3 Å². The van der Waals surface area contributed by atoms with Gasteiger partial charge < -0.3 is 11.1 Å². The summed E-state index contributed by atoms with van der Waals surface area (Å²) in [6.45, 7) is 4.27. The summed E-state index contributed by atoms with van der Waals surface area (Å²) < 4.78 is 0. The van der Waals surface area contributed by atoms with Gasteiger partial charge in [0.15, 0.2) is 0 Å². The molecule has 0 bridgehead atoms. The van der Waals surface area contributed by atoms with Crippen molar-refractivity contribution in [3.8, 4) is 0 Å². The number of nitrogens with two attached hydrogens (primary N) is 1. The Kier molecular flexibility index (Phi) is 5.09. The molecule has 0 spiro atoms. The van der Waals surface area contributed by atoms with Crippen molar-refractivity contribution in [3.05, 3.63) is 0 Å². The van der Waals surface area contributed by atoms with Gasteiger partial charge in [-0.15, -0.1) is 0 Å². The Bertz CT molecular complexity index is 206. The van der Waals surface area contributed by atoms with E-state index in [1.807, 2.05) is 0 Å². The molecule has 1 fully saturated rings. The topological polar surface area (TPSA) is 55.1 Å². The van der Waals surface area contributed by atoms with E-state index < -0.39 is 0 Å². The van der Waals surface area contributed by atoms with Gasteiger partial charge in [0.1, 0.15) is 0 Å². The van der Waals surface area contributed by atoms with E-state index in [0.717, 1.165) is 19.3 Å². The molecule has 0 aromatic rings. The first-order valence-corrected chi connectivity index (χ1v) is 6.21. The van der Waals surface area contributed by atoms with Crippen LogP contribution in [0, 0.1) is 5.92 Å². The van der Waals surface area contributed by atoms with Crippen molar-refractivity contribution in [3.63, 3.8) is 0 Å². The molecular formula is C12H24N2O. The molecule has 1 saturated carbocycles. The standard InChI is InChI=1S/C12H24N2O/c1-3-6-10(13)12(15)14-11-8-5-4-7-9(11)2/h9-11H,3-8,13H2,1-2H3,(H,14,15)/t9-,10+,11+/m1/s1. The molecular weight excluding hydrogens is 188 g/mol. The van der Waals surface area contributed by atoms with E-state index in [4.69, 9.17) is 5.73 Å². The smallest absolute Gasteiger partial charge is 0.237 e. The fraction of sp³-hybridized carbons (Fsp3) is 0.917. The van der Waals surface area contributed by atoms with E-state index in [-0.39, 0.29) is 11.9 Å². The highest BCUT2D eigenvalue weighted by Gasteiger charge is 2.24. The van der Waals surface area contributed by atoms with Gasteiger partial charge in [0.25, 0.3) is 0 Å². The summed E-state index contributed by atoms with van der Waals surface area (Å²) in [4.78, 5) is 11.7. The average molecular weight is 212 g/mol. The van der Waals surface area contributed by atoms with E-state index in [9.17, 15) is 4.79 Å². The third-order valence-electron chi connectivity index (χ3n) is 3.38. The van der Waals surface area contributed by atoms with Gasteiger partial charge in [-0.25, -0.2) is 0 Å². The molecule has 15 heavy (non-hydrogen) atoms. The third-order valence-corrected chi connectivity index (χ3v) is 3.38. The minimum atomic E-state index is -0.316. The molecule has 0 aliphatic heterocycles. The van der Waals surface area contributed by atoms with Crippen LogP contribution in [0.2, 0.25) is 0 Å². The second-order valence-electron chi connectivity index (χ2n) is 4.77. The lowest BCUT2D eigenvalue weighted by atomic mass is 9.86. The van der Waals surface area contributed by atoms with Crippen molar-refractivity contribution < 1.29 is 4.79 Å². The van der Waals surface area contributed by atoms with Crippen molar-refractivity contribution in [1.29, 1.82) is 0 Å². The van der Waals surface area contributed by atoms with E-state index in [0.29, 0.717) is 12.0 Å². The van der Waals surface area contributed by atoms with E-state index in [2.05, 4.69) is 19.2 Å². The minimum Gasteiger partial charge on any atom is -0.352 e. The number of nitrogens with one attached hydrogen (secondary N) is 1. The molecule has 1 amide bonds. The maximum absolute atomic E-state index is 11.7. The number of carbonyl (C=O) groups excluding carboxylic acids is 1. The van der Waals surface area contributed by atoms with Crippen molar-refractivity contribution >= 4 is 5.91 Å². The van der Waals surface area contributed by atoms with Gasteiger partial charge in [-0.1, -0.05) is 33.1 Å². The van der Waals surface area contributed by atoms with Crippen LogP contribution in [0.5, 0.6) is 0 Å². The van der Waals surface area contributed by atoms with Crippen LogP contribution >= 0.6 is 0 Å². The number of hydrogen-bond donors (Lipinski definition) is 2. The fourth-order valence-corrected chi connectivity index (χ4v) is 2.26. The molecule has 0 saturated heterocycles. The van der Waals surface area contributed by atoms with Crippen molar-refractivity contribution in [2.24, 2.45) is 11.7 Å². The van der Waals surface area contributed by atoms with Crippen LogP contribution in [-0.2, 0) is 4.79 Å². The summed E-state index contributed by atoms with van der Waals surface area (Å²) in [5.41, 5.74) is 5.78. The second kappa shape index (κ2) is 6.11. The van der Waals surface area contributed by atoms with Crippen molar-refractivity contribution in [1.82, 2.24) is 5.32 Å². The highest BCUT2D eigenvalue weighted by Crippen LogP contribution is 2.23.